The molecule has 9 heteroatoms. The molecule has 1 aliphatic rings. The number of nitrogen functional groups attached to an aromatic ring is 1. The van der Waals surface area contributed by atoms with E-state index in [1.807, 2.05) is 0 Å². The van der Waals surface area contributed by atoms with Gasteiger partial charge in [0.2, 0.25) is 0 Å². The minimum atomic E-state index is -3.66. The molecule has 2 N–H and O–H groups in total. The predicted octanol–water partition coefficient (Wildman–Crippen LogP) is 0.528. The third-order valence-corrected chi connectivity index (χ3v) is 8.30. The molecule has 0 bridgehead atoms. The van der Waals surface area contributed by atoms with Crippen molar-refractivity contribution < 1.29 is 16.8 Å². The number of nitrogens with two attached hydrogens (primary N) is 1. The van der Waals surface area contributed by atoms with E-state index in [2.05, 4.69) is 0 Å². The van der Waals surface area contributed by atoms with Crippen LogP contribution in [0.3, 0.4) is 0 Å². The molecule has 108 valence electrons. The molecule has 2 rings (SSSR count). The van der Waals surface area contributed by atoms with Crippen molar-refractivity contribution in [1.29, 1.82) is 0 Å². The first-order valence-corrected chi connectivity index (χ1v) is 9.96. The van der Waals surface area contributed by atoms with Crippen LogP contribution in [0.5, 0.6) is 0 Å². The fourth-order valence-electron chi connectivity index (χ4n) is 2.21. The van der Waals surface area contributed by atoms with Crippen LogP contribution in [0, 0.1) is 0 Å². The number of sulfonamides is 1. The summed E-state index contributed by atoms with van der Waals surface area (Å²) >= 11 is 1.05. The number of sulfone groups is 1. The molecule has 2 heterocycles. The zero-order chi connectivity index (χ0) is 14.3. The van der Waals surface area contributed by atoms with Gasteiger partial charge in [0.25, 0.3) is 10.0 Å². The summed E-state index contributed by atoms with van der Waals surface area (Å²) in [4.78, 5) is 0. The van der Waals surface area contributed by atoms with Gasteiger partial charge in [0.05, 0.1) is 11.5 Å². The zero-order valence-electron chi connectivity index (χ0n) is 10.4. The topological polar surface area (TPSA) is 97.5 Å². The monoisotopic (exact) mass is 324 g/mol. The van der Waals surface area contributed by atoms with Gasteiger partial charge in [-0.2, -0.15) is 4.31 Å². The van der Waals surface area contributed by atoms with Gasteiger partial charge in [0.1, 0.15) is 4.21 Å². The van der Waals surface area contributed by atoms with Gasteiger partial charge in [-0.15, -0.1) is 11.3 Å². The van der Waals surface area contributed by atoms with Crippen molar-refractivity contribution in [2.24, 2.45) is 0 Å². The van der Waals surface area contributed by atoms with Gasteiger partial charge < -0.3 is 5.73 Å². The van der Waals surface area contributed by atoms with Crippen LogP contribution >= 0.6 is 11.3 Å². The van der Waals surface area contributed by atoms with Crippen molar-refractivity contribution in [3.63, 3.8) is 0 Å². The Morgan fingerprint density at radius 2 is 2.21 bits per heavy atom. The summed E-state index contributed by atoms with van der Waals surface area (Å²) < 4.78 is 49.3. The van der Waals surface area contributed by atoms with Gasteiger partial charge in [0, 0.05) is 23.7 Å². The van der Waals surface area contributed by atoms with E-state index in [1.54, 1.807) is 12.3 Å². The highest BCUT2D eigenvalue weighted by atomic mass is 32.2. The molecular formula is C10H16N2O4S3. The van der Waals surface area contributed by atoms with E-state index >= 15 is 0 Å². The van der Waals surface area contributed by atoms with E-state index in [9.17, 15) is 16.8 Å². The summed E-state index contributed by atoms with van der Waals surface area (Å²) in [6.07, 6.45) is 0.357. The molecule has 0 aliphatic carbocycles. The average Bonchev–Trinajstić information content (AvgIpc) is 2.86. The first-order valence-electron chi connectivity index (χ1n) is 5.82. The van der Waals surface area contributed by atoms with E-state index in [4.69, 9.17) is 5.73 Å². The third kappa shape index (κ3) is 2.93. The van der Waals surface area contributed by atoms with Crippen LogP contribution in [0.1, 0.15) is 13.3 Å². The molecule has 1 saturated heterocycles. The first kappa shape index (κ1) is 14.8. The average molecular weight is 324 g/mol. The summed E-state index contributed by atoms with van der Waals surface area (Å²) in [6, 6.07) is 0.940. The molecule has 1 unspecified atom stereocenters. The van der Waals surface area contributed by atoms with Crippen LogP contribution in [-0.4, -0.2) is 45.2 Å². The second kappa shape index (κ2) is 5.04. The molecule has 1 aromatic heterocycles. The Bertz CT molecular complexity index is 663. The number of thiophene rings is 1. The van der Waals surface area contributed by atoms with Gasteiger partial charge in [-0.05, 0) is 12.5 Å². The molecule has 0 amide bonds. The molecule has 1 atom stereocenters. The Morgan fingerprint density at radius 3 is 2.63 bits per heavy atom. The number of hydrogen-bond acceptors (Lipinski definition) is 6. The minimum absolute atomic E-state index is 0.0519. The van der Waals surface area contributed by atoms with Gasteiger partial charge in [-0.25, -0.2) is 16.8 Å². The van der Waals surface area contributed by atoms with Gasteiger partial charge in [-0.1, -0.05) is 6.92 Å². The van der Waals surface area contributed by atoms with Crippen LogP contribution < -0.4 is 5.73 Å². The SMILES string of the molecule is CCN(C1CCS(=O)(=O)C1)S(=O)(=O)c1cc(N)cs1. The second-order valence-corrected chi connectivity index (χ2v) is 9.72. The molecular weight excluding hydrogens is 308 g/mol. The molecule has 0 aromatic carbocycles. The van der Waals surface area contributed by atoms with Crippen LogP contribution in [0.15, 0.2) is 15.7 Å². The van der Waals surface area contributed by atoms with E-state index in [0.717, 1.165) is 11.3 Å². The lowest BCUT2D eigenvalue weighted by Crippen LogP contribution is -2.40. The van der Waals surface area contributed by atoms with Gasteiger partial charge in [0.15, 0.2) is 9.84 Å². The standard InChI is InChI=1S/C10H16N2O4S3/c1-2-12(9-3-4-18(13,14)7-9)19(15,16)10-5-8(11)6-17-10/h5-6,9H,2-4,7,11H2,1H3. The highest BCUT2D eigenvalue weighted by Gasteiger charge is 2.38. The predicted molar refractivity (Wildman–Crippen MR) is 75.4 cm³/mol. The van der Waals surface area contributed by atoms with E-state index < -0.39 is 25.9 Å². The largest absolute Gasteiger partial charge is 0.398 e. The highest BCUT2D eigenvalue weighted by Crippen LogP contribution is 2.29. The van der Waals surface area contributed by atoms with Gasteiger partial charge in [-0.3, -0.25) is 0 Å². The molecule has 1 fully saturated rings. The number of anilines is 1. The van der Waals surface area contributed by atoms with E-state index in [1.165, 1.54) is 10.4 Å². The zero-order valence-corrected chi connectivity index (χ0v) is 12.9. The maximum Gasteiger partial charge on any atom is 0.252 e. The molecule has 0 spiro atoms. The van der Waals surface area contributed by atoms with Crippen molar-refractivity contribution in [1.82, 2.24) is 4.31 Å². The van der Waals surface area contributed by atoms with Gasteiger partial charge >= 0.3 is 0 Å². The summed E-state index contributed by atoms with van der Waals surface area (Å²) in [5.74, 6) is -0.0445. The summed E-state index contributed by atoms with van der Waals surface area (Å²) in [5, 5.41) is 1.56. The summed E-state index contributed by atoms with van der Waals surface area (Å²) in [5.41, 5.74) is 5.95. The maximum atomic E-state index is 12.5. The van der Waals surface area contributed by atoms with Crippen molar-refractivity contribution in [3.05, 3.63) is 11.4 Å². The quantitative estimate of drug-likeness (QED) is 0.871. The van der Waals surface area contributed by atoms with Crippen LogP contribution in [0.4, 0.5) is 5.69 Å². The first-order chi connectivity index (χ1) is 8.76. The Hall–Kier alpha value is -0.640. The minimum Gasteiger partial charge on any atom is -0.398 e. The fourth-order valence-corrected chi connectivity index (χ4v) is 6.90. The smallest absolute Gasteiger partial charge is 0.252 e. The van der Waals surface area contributed by atoms with Crippen molar-refractivity contribution in [3.8, 4) is 0 Å². The third-order valence-electron chi connectivity index (χ3n) is 3.09. The van der Waals surface area contributed by atoms with E-state index in [-0.39, 0.29) is 22.3 Å². The molecule has 1 aromatic rings. The lowest BCUT2D eigenvalue weighted by atomic mass is 10.3. The van der Waals surface area contributed by atoms with E-state index in [0.29, 0.717) is 12.1 Å². The Morgan fingerprint density at radius 1 is 1.53 bits per heavy atom. The molecule has 0 radical (unpaired) electrons. The lowest BCUT2D eigenvalue weighted by molar-refractivity contribution is 0.355. The highest BCUT2D eigenvalue weighted by molar-refractivity contribution is 7.92. The van der Waals surface area contributed by atoms with Crippen molar-refractivity contribution >= 4 is 36.9 Å². The lowest BCUT2D eigenvalue weighted by Gasteiger charge is -2.25. The maximum absolute atomic E-state index is 12.5. The number of rotatable bonds is 4. The van der Waals surface area contributed by atoms with Crippen LogP contribution in [0.25, 0.3) is 0 Å². The Labute approximate surface area is 117 Å². The Balaban J connectivity index is 2.32. The fraction of sp³-hybridized carbons (Fsp3) is 0.600. The Kier molecular flexibility index (Phi) is 3.92. The molecule has 1 aliphatic heterocycles. The number of hydrogen-bond donors (Lipinski definition) is 1. The summed E-state index contributed by atoms with van der Waals surface area (Å²) in [6.45, 7) is 1.96. The molecule has 6 nitrogen and oxygen atoms in total. The van der Waals surface area contributed by atoms with Crippen molar-refractivity contribution in [2.75, 3.05) is 23.8 Å². The van der Waals surface area contributed by atoms with Crippen molar-refractivity contribution in [2.45, 2.75) is 23.6 Å². The van der Waals surface area contributed by atoms with Crippen LogP contribution in [-0.2, 0) is 19.9 Å². The second-order valence-electron chi connectivity index (χ2n) is 4.46. The molecule has 19 heavy (non-hydrogen) atoms. The number of nitrogens with zero attached hydrogens (tertiary/aromatic N) is 1. The van der Waals surface area contributed by atoms with Crippen LogP contribution in [0.2, 0.25) is 0 Å². The summed E-state index contributed by atoms with van der Waals surface area (Å²) in [7, 11) is -6.77. The molecule has 0 saturated carbocycles. The normalized spacial score (nSPS) is 22.9.